The molecule has 1 unspecified atom stereocenters. The number of likely N-dealkylation sites (N-methyl/N-ethyl adjacent to an activating group) is 1. The van der Waals surface area contributed by atoms with Crippen LogP contribution in [0.15, 0.2) is 36.4 Å². The molecule has 0 spiro atoms. The summed E-state index contributed by atoms with van der Waals surface area (Å²) in [6, 6.07) is 11.6. The van der Waals surface area contributed by atoms with Crippen molar-refractivity contribution in [3.8, 4) is 0 Å². The van der Waals surface area contributed by atoms with Crippen molar-refractivity contribution in [2.24, 2.45) is 5.73 Å². The Balaban J connectivity index is 1.88. The molecule has 3 rings (SSSR count). The number of nitrogens with zero attached hydrogens (tertiary/aromatic N) is 3. The maximum atomic E-state index is 12.7. The normalized spacial score (nSPS) is 19.9. The van der Waals surface area contributed by atoms with Crippen LogP contribution in [-0.4, -0.2) is 60.0 Å². The lowest BCUT2D eigenvalue weighted by Crippen LogP contribution is -2.56. The summed E-state index contributed by atoms with van der Waals surface area (Å²) in [5.41, 5.74) is 7.17. The quantitative estimate of drug-likeness (QED) is 0.892. The Labute approximate surface area is 124 Å². The molecule has 1 saturated heterocycles. The standard InChI is InChI=1S/C16H20N4O/c1-19-8-9-20(13(10-17)11-19)16(21)15-7-6-12-4-2-3-5-14(12)18-15/h2-7,13H,8-11,17H2,1H3. The number of carbonyl (C=O) groups is 1. The molecule has 2 N–H and O–H groups in total. The molecule has 1 aliphatic rings. The van der Waals surface area contributed by atoms with E-state index in [1.807, 2.05) is 35.2 Å². The first-order valence-corrected chi connectivity index (χ1v) is 7.24. The van der Waals surface area contributed by atoms with Crippen molar-refractivity contribution in [1.82, 2.24) is 14.8 Å². The van der Waals surface area contributed by atoms with E-state index in [0.29, 0.717) is 18.8 Å². The fourth-order valence-corrected chi connectivity index (χ4v) is 2.81. The van der Waals surface area contributed by atoms with Gasteiger partial charge in [-0.15, -0.1) is 0 Å². The van der Waals surface area contributed by atoms with E-state index in [0.717, 1.165) is 24.0 Å². The molecule has 1 amide bonds. The minimum Gasteiger partial charge on any atom is -0.330 e. The van der Waals surface area contributed by atoms with E-state index in [2.05, 4.69) is 16.9 Å². The number of fused-ring (bicyclic) bond motifs is 1. The monoisotopic (exact) mass is 284 g/mol. The summed E-state index contributed by atoms with van der Waals surface area (Å²) in [6.45, 7) is 2.86. The van der Waals surface area contributed by atoms with Gasteiger partial charge in [-0.25, -0.2) is 4.98 Å². The van der Waals surface area contributed by atoms with E-state index in [-0.39, 0.29) is 11.9 Å². The van der Waals surface area contributed by atoms with Crippen LogP contribution in [0.3, 0.4) is 0 Å². The number of rotatable bonds is 2. The number of aromatic nitrogens is 1. The topological polar surface area (TPSA) is 62.5 Å². The number of piperazine rings is 1. The van der Waals surface area contributed by atoms with Crippen molar-refractivity contribution in [3.05, 3.63) is 42.1 Å². The zero-order valence-electron chi connectivity index (χ0n) is 12.2. The number of para-hydroxylation sites is 1. The molecule has 1 aromatic heterocycles. The molecule has 0 saturated carbocycles. The highest BCUT2D eigenvalue weighted by atomic mass is 16.2. The summed E-state index contributed by atoms with van der Waals surface area (Å²) in [5.74, 6) is -0.0238. The van der Waals surface area contributed by atoms with Crippen LogP contribution in [0.25, 0.3) is 10.9 Å². The Morgan fingerprint density at radius 2 is 2.10 bits per heavy atom. The third kappa shape index (κ3) is 2.75. The van der Waals surface area contributed by atoms with Crippen molar-refractivity contribution >= 4 is 16.8 Å². The average Bonchev–Trinajstić information content (AvgIpc) is 2.53. The van der Waals surface area contributed by atoms with Gasteiger partial charge in [-0.05, 0) is 19.2 Å². The fraction of sp³-hybridized carbons (Fsp3) is 0.375. The van der Waals surface area contributed by atoms with Gasteiger partial charge in [0.05, 0.1) is 11.6 Å². The molecule has 0 radical (unpaired) electrons. The Kier molecular flexibility index (Phi) is 3.86. The van der Waals surface area contributed by atoms with Gasteiger partial charge in [0, 0.05) is 31.6 Å². The molecule has 1 fully saturated rings. The summed E-state index contributed by atoms with van der Waals surface area (Å²) in [7, 11) is 2.05. The second-order valence-corrected chi connectivity index (χ2v) is 5.54. The van der Waals surface area contributed by atoms with Crippen LogP contribution in [0.2, 0.25) is 0 Å². The number of benzene rings is 1. The van der Waals surface area contributed by atoms with Crippen LogP contribution >= 0.6 is 0 Å². The van der Waals surface area contributed by atoms with E-state index >= 15 is 0 Å². The molecular weight excluding hydrogens is 264 g/mol. The second kappa shape index (κ2) is 5.79. The van der Waals surface area contributed by atoms with E-state index in [4.69, 9.17) is 5.73 Å². The van der Waals surface area contributed by atoms with Crippen LogP contribution in [0, 0.1) is 0 Å². The van der Waals surface area contributed by atoms with Gasteiger partial charge in [-0.1, -0.05) is 24.3 Å². The summed E-state index contributed by atoms with van der Waals surface area (Å²) in [6.07, 6.45) is 0. The minimum atomic E-state index is -0.0238. The molecule has 1 aliphatic heterocycles. The largest absolute Gasteiger partial charge is 0.330 e. The predicted octanol–water partition coefficient (Wildman–Crippen LogP) is 0.950. The molecule has 21 heavy (non-hydrogen) atoms. The number of amides is 1. The second-order valence-electron chi connectivity index (χ2n) is 5.54. The molecule has 5 nitrogen and oxygen atoms in total. The highest BCUT2D eigenvalue weighted by molar-refractivity contribution is 5.95. The summed E-state index contributed by atoms with van der Waals surface area (Å²) in [5, 5.41) is 1.04. The number of hydrogen-bond acceptors (Lipinski definition) is 4. The Bertz CT molecular complexity index is 658. The number of nitrogens with two attached hydrogens (primary N) is 1. The lowest BCUT2D eigenvalue weighted by Gasteiger charge is -2.39. The maximum Gasteiger partial charge on any atom is 0.272 e. The van der Waals surface area contributed by atoms with Crippen LogP contribution in [-0.2, 0) is 0 Å². The Hall–Kier alpha value is -1.98. The van der Waals surface area contributed by atoms with Gasteiger partial charge in [0.1, 0.15) is 5.69 Å². The molecule has 2 heterocycles. The van der Waals surface area contributed by atoms with Crippen LogP contribution in [0.5, 0.6) is 0 Å². The minimum absolute atomic E-state index is 0.0238. The summed E-state index contributed by atoms with van der Waals surface area (Å²) >= 11 is 0. The lowest BCUT2D eigenvalue weighted by atomic mass is 10.1. The lowest BCUT2D eigenvalue weighted by molar-refractivity contribution is 0.0510. The van der Waals surface area contributed by atoms with Crippen LogP contribution in [0.4, 0.5) is 0 Å². The third-order valence-corrected chi connectivity index (χ3v) is 4.04. The van der Waals surface area contributed by atoms with Crippen molar-refractivity contribution in [1.29, 1.82) is 0 Å². The molecule has 1 atom stereocenters. The van der Waals surface area contributed by atoms with Gasteiger partial charge in [0.2, 0.25) is 0 Å². The molecule has 110 valence electrons. The van der Waals surface area contributed by atoms with Gasteiger partial charge in [-0.2, -0.15) is 0 Å². The van der Waals surface area contributed by atoms with E-state index < -0.39 is 0 Å². The number of carbonyl (C=O) groups excluding carboxylic acids is 1. The molecule has 5 heteroatoms. The highest BCUT2D eigenvalue weighted by Gasteiger charge is 2.29. The van der Waals surface area contributed by atoms with Crippen LogP contribution < -0.4 is 5.73 Å². The Morgan fingerprint density at radius 1 is 1.29 bits per heavy atom. The molecule has 0 bridgehead atoms. The van der Waals surface area contributed by atoms with Gasteiger partial charge >= 0.3 is 0 Å². The zero-order valence-corrected chi connectivity index (χ0v) is 12.2. The first kappa shape index (κ1) is 14.0. The maximum absolute atomic E-state index is 12.7. The van der Waals surface area contributed by atoms with E-state index in [9.17, 15) is 4.79 Å². The van der Waals surface area contributed by atoms with Crippen molar-refractivity contribution in [2.75, 3.05) is 33.2 Å². The summed E-state index contributed by atoms with van der Waals surface area (Å²) in [4.78, 5) is 21.3. The van der Waals surface area contributed by atoms with Crippen molar-refractivity contribution in [3.63, 3.8) is 0 Å². The predicted molar refractivity (Wildman–Crippen MR) is 83.1 cm³/mol. The summed E-state index contributed by atoms with van der Waals surface area (Å²) < 4.78 is 0. The number of hydrogen-bond donors (Lipinski definition) is 1. The fourth-order valence-electron chi connectivity index (χ4n) is 2.81. The zero-order chi connectivity index (χ0) is 14.8. The number of pyridine rings is 1. The van der Waals surface area contributed by atoms with Crippen molar-refractivity contribution < 1.29 is 4.79 Å². The van der Waals surface area contributed by atoms with Gasteiger partial charge in [0.25, 0.3) is 5.91 Å². The smallest absolute Gasteiger partial charge is 0.272 e. The van der Waals surface area contributed by atoms with Crippen LogP contribution in [0.1, 0.15) is 10.5 Å². The first-order valence-electron chi connectivity index (χ1n) is 7.24. The van der Waals surface area contributed by atoms with Crippen molar-refractivity contribution in [2.45, 2.75) is 6.04 Å². The third-order valence-electron chi connectivity index (χ3n) is 4.04. The molecule has 1 aromatic carbocycles. The molecule has 2 aromatic rings. The molecular formula is C16H20N4O. The van der Waals surface area contributed by atoms with Gasteiger partial charge in [0.15, 0.2) is 0 Å². The first-order chi connectivity index (χ1) is 10.2. The molecule has 0 aliphatic carbocycles. The van der Waals surface area contributed by atoms with Gasteiger partial charge in [-0.3, -0.25) is 4.79 Å². The SMILES string of the molecule is CN1CCN(C(=O)c2ccc3ccccc3n2)C(CN)C1. The highest BCUT2D eigenvalue weighted by Crippen LogP contribution is 2.16. The van der Waals surface area contributed by atoms with Gasteiger partial charge < -0.3 is 15.5 Å². The van der Waals surface area contributed by atoms with E-state index in [1.54, 1.807) is 6.07 Å². The average molecular weight is 284 g/mol. The Morgan fingerprint density at radius 3 is 2.90 bits per heavy atom. The van der Waals surface area contributed by atoms with E-state index in [1.165, 1.54) is 0 Å².